The first-order valence-corrected chi connectivity index (χ1v) is 6.92. The van der Waals surface area contributed by atoms with Gasteiger partial charge in [0, 0.05) is 26.9 Å². The minimum Gasteiger partial charge on any atom is -0.455 e. The second kappa shape index (κ2) is 4.95. The minimum absolute atomic E-state index is 0.600. The molecule has 0 aliphatic rings. The standard InChI is InChI=1S/C18H11N3O/c19-21-20-13-10-8-12(9-11-13)14-5-3-6-16-15-4-1-2-7-17(15)22-18(14)16/h1-11H. The SMILES string of the molecule is [N-]=[N+]=Nc1ccc(-c2cccc3c2oc2ccccc23)cc1. The first-order chi connectivity index (χ1) is 10.9. The molecule has 22 heavy (non-hydrogen) atoms. The second-order valence-electron chi connectivity index (χ2n) is 5.02. The van der Waals surface area contributed by atoms with E-state index in [2.05, 4.69) is 22.2 Å². The smallest absolute Gasteiger partial charge is 0.143 e. The van der Waals surface area contributed by atoms with Crippen molar-refractivity contribution in [1.82, 2.24) is 0 Å². The van der Waals surface area contributed by atoms with Gasteiger partial charge in [-0.2, -0.15) is 0 Å². The largest absolute Gasteiger partial charge is 0.455 e. The molecule has 0 unspecified atom stereocenters. The lowest BCUT2D eigenvalue weighted by molar-refractivity contribution is 0.670. The summed E-state index contributed by atoms with van der Waals surface area (Å²) in [6.45, 7) is 0. The van der Waals surface area contributed by atoms with Crippen LogP contribution in [0.1, 0.15) is 0 Å². The average molecular weight is 285 g/mol. The van der Waals surface area contributed by atoms with E-state index in [1.54, 1.807) is 12.1 Å². The van der Waals surface area contributed by atoms with Gasteiger partial charge in [-0.15, -0.1) is 0 Å². The van der Waals surface area contributed by atoms with Gasteiger partial charge in [-0.3, -0.25) is 0 Å². The van der Waals surface area contributed by atoms with E-state index in [4.69, 9.17) is 9.95 Å². The van der Waals surface area contributed by atoms with Crippen molar-refractivity contribution in [1.29, 1.82) is 0 Å². The minimum atomic E-state index is 0.600. The number of para-hydroxylation sites is 2. The van der Waals surface area contributed by atoms with Crippen LogP contribution in [-0.4, -0.2) is 0 Å². The van der Waals surface area contributed by atoms with Gasteiger partial charge in [0.2, 0.25) is 0 Å². The summed E-state index contributed by atoms with van der Waals surface area (Å²) in [4.78, 5) is 2.79. The predicted octanol–water partition coefficient (Wildman–Crippen LogP) is 6.19. The molecule has 0 spiro atoms. The molecule has 1 heterocycles. The van der Waals surface area contributed by atoms with Gasteiger partial charge in [-0.25, -0.2) is 0 Å². The van der Waals surface area contributed by atoms with Gasteiger partial charge in [-0.1, -0.05) is 65.8 Å². The Morgan fingerprint density at radius 3 is 2.41 bits per heavy atom. The molecule has 0 bridgehead atoms. The second-order valence-corrected chi connectivity index (χ2v) is 5.02. The van der Waals surface area contributed by atoms with Gasteiger partial charge in [0.1, 0.15) is 11.2 Å². The number of rotatable bonds is 2. The molecule has 4 heteroatoms. The third-order valence-electron chi connectivity index (χ3n) is 3.74. The van der Waals surface area contributed by atoms with Crippen molar-refractivity contribution in [3.8, 4) is 11.1 Å². The van der Waals surface area contributed by atoms with Crippen LogP contribution in [0.4, 0.5) is 5.69 Å². The van der Waals surface area contributed by atoms with Gasteiger partial charge in [0.05, 0.1) is 0 Å². The van der Waals surface area contributed by atoms with E-state index in [9.17, 15) is 0 Å². The first kappa shape index (κ1) is 12.5. The Balaban J connectivity index is 1.96. The lowest BCUT2D eigenvalue weighted by atomic mass is 10.0. The number of benzene rings is 3. The highest BCUT2D eigenvalue weighted by Crippen LogP contribution is 2.35. The molecule has 4 aromatic rings. The summed E-state index contributed by atoms with van der Waals surface area (Å²) in [6, 6.07) is 21.6. The molecular weight excluding hydrogens is 274 g/mol. The van der Waals surface area contributed by atoms with Crippen molar-refractivity contribution in [2.75, 3.05) is 0 Å². The maximum atomic E-state index is 8.47. The predicted molar refractivity (Wildman–Crippen MR) is 88.0 cm³/mol. The Morgan fingerprint density at radius 2 is 1.59 bits per heavy atom. The zero-order chi connectivity index (χ0) is 14.9. The van der Waals surface area contributed by atoms with E-state index in [1.807, 2.05) is 42.5 Å². The highest BCUT2D eigenvalue weighted by Gasteiger charge is 2.11. The normalized spacial score (nSPS) is 10.7. The van der Waals surface area contributed by atoms with E-state index in [0.717, 1.165) is 33.1 Å². The van der Waals surface area contributed by atoms with Gasteiger partial charge < -0.3 is 4.42 Å². The number of hydrogen-bond donors (Lipinski definition) is 0. The summed E-state index contributed by atoms with van der Waals surface area (Å²) in [6.07, 6.45) is 0. The Kier molecular flexibility index (Phi) is 2.81. The molecule has 1 aromatic heterocycles. The third kappa shape index (κ3) is 1.91. The lowest BCUT2D eigenvalue weighted by Crippen LogP contribution is -1.78. The van der Waals surface area contributed by atoms with Crippen molar-refractivity contribution in [2.24, 2.45) is 5.11 Å². The summed E-state index contributed by atoms with van der Waals surface area (Å²) >= 11 is 0. The van der Waals surface area contributed by atoms with Crippen LogP contribution in [0, 0.1) is 0 Å². The summed E-state index contributed by atoms with van der Waals surface area (Å²) in [5.74, 6) is 0. The van der Waals surface area contributed by atoms with Crippen molar-refractivity contribution in [3.63, 3.8) is 0 Å². The molecule has 0 atom stereocenters. The Labute approximate surface area is 126 Å². The molecule has 0 fully saturated rings. The van der Waals surface area contributed by atoms with Gasteiger partial charge in [0.25, 0.3) is 0 Å². The Morgan fingerprint density at radius 1 is 0.818 bits per heavy atom. The quantitative estimate of drug-likeness (QED) is 0.246. The molecule has 0 saturated heterocycles. The monoisotopic (exact) mass is 285 g/mol. The molecule has 4 rings (SSSR count). The van der Waals surface area contributed by atoms with Crippen molar-refractivity contribution < 1.29 is 4.42 Å². The number of hydrogen-bond acceptors (Lipinski definition) is 2. The van der Waals surface area contributed by atoms with Crippen molar-refractivity contribution >= 4 is 27.6 Å². The topological polar surface area (TPSA) is 61.9 Å². The molecular formula is C18H11N3O. The maximum Gasteiger partial charge on any atom is 0.143 e. The zero-order valence-electron chi connectivity index (χ0n) is 11.6. The van der Waals surface area contributed by atoms with Crippen molar-refractivity contribution in [3.05, 3.63) is 77.2 Å². The number of nitrogens with zero attached hydrogens (tertiary/aromatic N) is 3. The van der Waals surface area contributed by atoms with Gasteiger partial charge >= 0.3 is 0 Å². The summed E-state index contributed by atoms with van der Waals surface area (Å²) < 4.78 is 6.03. The van der Waals surface area contributed by atoms with Gasteiger partial charge in [0.15, 0.2) is 0 Å². The zero-order valence-corrected chi connectivity index (χ0v) is 11.6. The van der Waals surface area contributed by atoms with Crippen LogP contribution in [0.3, 0.4) is 0 Å². The lowest BCUT2D eigenvalue weighted by Gasteiger charge is -2.03. The van der Waals surface area contributed by atoms with Crippen LogP contribution in [-0.2, 0) is 0 Å². The fraction of sp³-hybridized carbons (Fsp3) is 0. The summed E-state index contributed by atoms with van der Waals surface area (Å²) in [7, 11) is 0. The van der Waals surface area contributed by atoms with Crippen LogP contribution in [0.2, 0.25) is 0 Å². The maximum absolute atomic E-state index is 8.47. The fourth-order valence-corrected chi connectivity index (χ4v) is 2.73. The highest BCUT2D eigenvalue weighted by molar-refractivity contribution is 6.09. The molecule has 3 aromatic carbocycles. The molecule has 0 N–H and O–H groups in total. The van der Waals surface area contributed by atoms with Crippen LogP contribution < -0.4 is 0 Å². The number of fused-ring (bicyclic) bond motifs is 3. The fourth-order valence-electron chi connectivity index (χ4n) is 2.73. The van der Waals surface area contributed by atoms with Crippen molar-refractivity contribution in [2.45, 2.75) is 0 Å². The number of furan rings is 1. The van der Waals surface area contributed by atoms with E-state index in [1.165, 1.54) is 0 Å². The van der Waals surface area contributed by atoms with Crippen LogP contribution >= 0.6 is 0 Å². The van der Waals surface area contributed by atoms with Crippen LogP contribution in [0.5, 0.6) is 0 Å². The van der Waals surface area contributed by atoms with E-state index < -0.39 is 0 Å². The number of azide groups is 1. The third-order valence-corrected chi connectivity index (χ3v) is 3.74. The molecule has 0 amide bonds. The Bertz CT molecular complexity index is 1030. The Hall–Kier alpha value is -3.23. The van der Waals surface area contributed by atoms with E-state index >= 15 is 0 Å². The average Bonchev–Trinajstić information content (AvgIpc) is 2.95. The first-order valence-electron chi connectivity index (χ1n) is 6.92. The molecule has 0 aliphatic heterocycles. The molecule has 0 aliphatic carbocycles. The molecule has 4 nitrogen and oxygen atoms in total. The van der Waals surface area contributed by atoms with E-state index in [0.29, 0.717) is 5.69 Å². The summed E-state index contributed by atoms with van der Waals surface area (Å²) in [5, 5.41) is 5.82. The van der Waals surface area contributed by atoms with Crippen LogP contribution in [0.15, 0.2) is 76.3 Å². The molecule has 0 saturated carbocycles. The van der Waals surface area contributed by atoms with Gasteiger partial charge in [-0.05, 0) is 17.2 Å². The summed E-state index contributed by atoms with van der Waals surface area (Å²) in [5.41, 5.74) is 12.9. The molecule has 0 radical (unpaired) electrons. The van der Waals surface area contributed by atoms with E-state index in [-0.39, 0.29) is 0 Å². The van der Waals surface area contributed by atoms with Crippen LogP contribution in [0.25, 0.3) is 43.5 Å². The highest BCUT2D eigenvalue weighted by atomic mass is 16.3. The molecule has 104 valence electrons.